The molecule has 0 saturated carbocycles. The van der Waals surface area contributed by atoms with E-state index in [2.05, 4.69) is 25.7 Å². The Bertz CT molecular complexity index is 512. The summed E-state index contributed by atoms with van der Waals surface area (Å²) in [5.74, 6) is 0.760. The van der Waals surface area contributed by atoms with Gasteiger partial charge in [0, 0.05) is 19.6 Å². The van der Waals surface area contributed by atoms with Gasteiger partial charge in [0.25, 0.3) is 0 Å². The summed E-state index contributed by atoms with van der Waals surface area (Å²) in [5.41, 5.74) is 6.47. The van der Waals surface area contributed by atoms with Crippen LogP contribution in [0.3, 0.4) is 0 Å². The summed E-state index contributed by atoms with van der Waals surface area (Å²) >= 11 is 0. The van der Waals surface area contributed by atoms with Crippen LogP contribution in [-0.2, 0) is 16.4 Å². The van der Waals surface area contributed by atoms with E-state index in [1.165, 1.54) is 0 Å². The third kappa shape index (κ3) is 5.77. The van der Waals surface area contributed by atoms with Gasteiger partial charge >= 0.3 is 0 Å². The van der Waals surface area contributed by atoms with Crippen LogP contribution in [-0.4, -0.2) is 38.7 Å². The normalized spacial score (nSPS) is 13.6. The molecule has 120 valence electrons. The van der Waals surface area contributed by atoms with Crippen LogP contribution in [0.15, 0.2) is 29.2 Å². The van der Waals surface area contributed by atoms with Crippen molar-refractivity contribution >= 4 is 9.84 Å². The molecule has 0 aromatic heterocycles. The summed E-state index contributed by atoms with van der Waals surface area (Å²) in [7, 11) is -3.22. The van der Waals surface area contributed by atoms with Crippen LogP contribution in [0.4, 0.5) is 0 Å². The lowest BCUT2D eigenvalue weighted by molar-refractivity contribution is 0.258. The standard InChI is InChI=1S/C16H28N2O2S/c1-4-14(3)13-18(5-2)10-11-21(19,20)16-8-6-15(12-17)7-9-16/h6-9,14H,4-5,10-13,17H2,1-3H3. The van der Waals surface area contributed by atoms with Gasteiger partial charge in [-0.3, -0.25) is 0 Å². The molecule has 1 unspecified atom stereocenters. The third-order valence-corrected chi connectivity index (χ3v) is 5.62. The van der Waals surface area contributed by atoms with Gasteiger partial charge in [0.15, 0.2) is 9.84 Å². The molecule has 0 radical (unpaired) electrons. The van der Waals surface area contributed by atoms with Gasteiger partial charge in [-0.15, -0.1) is 0 Å². The fraction of sp³-hybridized carbons (Fsp3) is 0.625. The highest BCUT2D eigenvalue weighted by Crippen LogP contribution is 2.13. The zero-order valence-corrected chi connectivity index (χ0v) is 14.2. The van der Waals surface area contributed by atoms with Gasteiger partial charge in [0.1, 0.15) is 0 Å². The zero-order valence-electron chi connectivity index (χ0n) is 13.4. The van der Waals surface area contributed by atoms with Crippen molar-refractivity contribution in [2.45, 2.75) is 38.6 Å². The Balaban J connectivity index is 2.66. The average molecular weight is 312 g/mol. The SMILES string of the molecule is CCC(C)CN(CC)CCS(=O)(=O)c1ccc(CN)cc1. The van der Waals surface area contributed by atoms with Crippen LogP contribution in [0.5, 0.6) is 0 Å². The summed E-state index contributed by atoms with van der Waals surface area (Å²) in [4.78, 5) is 2.60. The first-order valence-electron chi connectivity index (χ1n) is 7.67. The van der Waals surface area contributed by atoms with Crippen molar-refractivity contribution in [3.63, 3.8) is 0 Å². The maximum Gasteiger partial charge on any atom is 0.179 e. The van der Waals surface area contributed by atoms with Crippen molar-refractivity contribution in [2.24, 2.45) is 11.7 Å². The topological polar surface area (TPSA) is 63.4 Å². The molecule has 0 aliphatic heterocycles. The van der Waals surface area contributed by atoms with E-state index in [0.717, 1.165) is 25.1 Å². The average Bonchev–Trinajstić information content (AvgIpc) is 2.51. The van der Waals surface area contributed by atoms with Crippen molar-refractivity contribution in [1.82, 2.24) is 4.90 Å². The van der Waals surface area contributed by atoms with Gasteiger partial charge in [-0.1, -0.05) is 39.3 Å². The Hall–Kier alpha value is -0.910. The molecule has 1 atom stereocenters. The highest BCUT2D eigenvalue weighted by molar-refractivity contribution is 7.91. The van der Waals surface area contributed by atoms with Crippen molar-refractivity contribution in [1.29, 1.82) is 0 Å². The predicted molar refractivity (Wildman–Crippen MR) is 88.0 cm³/mol. The van der Waals surface area contributed by atoms with E-state index in [4.69, 9.17) is 5.73 Å². The Morgan fingerprint density at radius 3 is 2.29 bits per heavy atom. The van der Waals surface area contributed by atoms with Gasteiger partial charge in [0.2, 0.25) is 0 Å². The van der Waals surface area contributed by atoms with Gasteiger partial charge < -0.3 is 10.6 Å². The second kappa shape index (κ2) is 8.51. The first-order chi connectivity index (χ1) is 9.92. The van der Waals surface area contributed by atoms with Gasteiger partial charge in [-0.05, 0) is 30.2 Å². The second-order valence-electron chi connectivity index (χ2n) is 5.57. The van der Waals surface area contributed by atoms with Crippen LogP contribution in [0.1, 0.15) is 32.8 Å². The van der Waals surface area contributed by atoms with Gasteiger partial charge in [-0.25, -0.2) is 8.42 Å². The van der Waals surface area contributed by atoms with Crippen molar-refractivity contribution in [2.75, 3.05) is 25.4 Å². The van der Waals surface area contributed by atoms with Gasteiger partial charge in [-0.2, -0.15) is 0 Å². The molecule has 2 N–H and O–H groups in total. The van der Waals surface area contributed by atoms with E-state index < -0.39 is 9.84 Å². The Kier molecular flexibility index (Phi) is 7.35. The number of hydrogen-bond acceptors (Lipinski definition) is 4. The lowest BCUT2D eigenvalue weighted by atomic mass is 10.1. The summed E-state index contributed by atoms with van der Waals surface area (Å²) in [6.45, 7) is 9.28. The Morgan fingerprint density at radius 1 is 1.19 bits per heavy atom. The Morgan fingerprint density at radius 2 is 1.81 bits per heavy atom. The van der Waals surface area contributed by atoms with Crippen LogP contribution in [0.2, 0.25) is 0 Å². The van der Waals surface area contributed by atoms with E-state index in [9.17, 15) is 8.42 Å². The minimum Gasteiger partial charge on any atom is -0.326 e. The fourth-order valence-electron chi connectivity index (χ4n) is 2.15. The fourth-order valence-corrected chi connectivity index (χ4v) is 3.43. The minimum absolute atomic E-state index is 0.166. The molecule has 0 heterocycles. The molecule has 1 aromatic rings. The maximum absolute atomic E-state index is 12.3. The first kappa shape index (κ1) is 18.1. The molecule has 0 aliphatic rings. The van der Waals surface area contributed by atoms with E-state index in [-0.39, 0.29) is 5.75 Å². The number of sulfone groups is 1. The first-order valence-corrected chi connectivity index (χ1v) is 9.32. The van der Waals surface area contributed by atoms with Gasteiger partial charge in [0.05, 0.1) is 10.6 Å². The van der Waals surface area contributed by atoms with Crippen molar-refractivity contribution in [3.05, 3.63) is 29.8 Å². The van der Waals surface area contributed by atoms with Crippen LogP contribution < -0.4 is 5.73 Å². The molecule has 0 saturated heterocycles. The summed E-state index contributed by atoms with van der Waals surface area (Å²) < 4.78 is 24.7. The van der Waals surface area contributed by atoms with E-state index in [0.29, 0.717) is 23.9 Å². The van der Waals surface area contributed by atoms with E-state index in [1.54, 1.807) is 24.3 Å². The molecule has 0 spiro atoms. The molecular formula is C16H28N2O2S. The molecule has 0 aliphatic carbocycles. The molecule has 1 aromatic carbocycles. The summed E-state index contributed by atoms with van der Waals surface area (Å²) in [6, 6.07) is 6.87. The molecule has 21 heavy (non-hydrogen) atoms. The quantitative estimate of drug-likeness (QED) is 0.760. The number of hydrogen-bond donors (Lipinski definition) is 1. The molecule has 0 bridgehead atoms. The summed E-state index contributed by atoms with van der Waals surface area (Å²) in [6.07, 6.45) is 1.11. The van der Waals surface area contributed by atoms with Crippen molar-refractivity contribution in [3.8, 4) is 0 Å². The monoisotopic (exact) mass is 312 g/mol. The smallest absolute Gasteiger partial charge is 0.179 e. The highest BCUT2D eigenvalue weighted by atomic mass is 32.2. The number of nitrogens with zero attached hydrogens (tertiary/aromatic N) is 1. The zero-order chi connectivity index (χ0) is 15.9. The largest absolute Gasteiger partial charge is 0.326 e. The lowest BCUT2D eigenvalue weighted by Crippen LogP contribution is -2.32. The highest BCUT2D eigenvalue weighted by Gasteiger charge is 2.16. The molecular weight excluding hydrogens is 284 g/mol. The Labute approximate surface area is 129 Å². The van der Waals surface area contributed by atoms with Crippen LogP contribution in [0.25, 0.3) is 0 Å². The number of rotatable bonds is 9. The van der Waals surface area contributed by atoms with E-state index in [1.807, 2.05) is 0 Å². The summed E-state index contributed by atoms with van der Waals surface area (Å²) in [5, 5.41) is 0. The number of nitrogens with two attached hydrogens (primary N) is 1. The van der Waals surface area contributed by atoms with Crippen LogP contribution >= 0.6 is 0 Å². The predicted octanol–water partition coefficient (Wildman–Crippen LogP) is 2.29. The molecule has 4 nitrogen and oxygen atoms in total. The van der Waals surface area contributed by atoms with Crippen molar-refractivity contribution < 1.29 is 8.42 Å². The molecule has 1 rings (SSSR count). The molecule has 0 fully saturated rings. The van der Waals surface area contributed by atoms with E-state index >= 15 is 0 Å². The molecule has 0 amide bonds. The number of benzene rings is 1. The van der Waals surface area contributed by atoms with Crippen LogP contribution in [0, 0.1) is 5.92 Å². The maximum atomic E-state index is 12.3. The third-order valence-electron chi connectivity index (χ3n) is 3.91. The lowest BCUT2D eigenvalue weighted by Gasteiger charge is -2.23. The molecule has 5 heteroatoms. The second-order valence-corrected chi connectivity index (χ2v) is 7.68. The minimum atomic E-state index is -3.22.